The van der Waals surface area contributed by atoms with Gasteiger partial charge in [0.25, 0.3) is 0 Å². The Morgan fingerprint density at radius 1 is 1.27 bits per heavy atom. The first kappa shape index (κ1) is 17.7. The fraction of sp³-hybridized carbons (Fsp3) is 0.625. The van der Waals surface area contributed by atoms with Crippen LogP contribution in [0.1, 0.15) is 24.2 Å². The highest BCUT2D eigenvalue weighted by Crippen LogP contribution is 2.41. The molecule has 0 radical (unpaired) electrons. The van der Waals surface area contributed by atoms with E-state index in [2.05, 4.69) is 0 Å². The number of rotatable bonds is 5. The zero-order valence-electron chi connectivity index (χ0n) is 13.5. The molecule has 0 aromatic heterocycles. The van der Waals surface area contributed by atoms with Crippen molar-refractivity contribution in [3.05, 3.63) is 34.3 Å². The number of halogens is 1. The standard InChI is InChI=1S/C16H23ClO5/c1-9-6-7-10(8-11(9)17)12(19-3)13-16(2,18)14(20-4)15(21-5)22-13/h6-8,12-15,18H,1-5H3/t12-,13-,14+,15+,16-/m1/s1. The number of methoxy groups -OCH3 is 3. The Morgan fingerprint density at radius 2 is 1.95 bits per heavy atom. The van der Waals surface area contributed by atoms with Crippen LogP contribution in [-0.2, 0) is 18.9 Å². The largest absolute Gasteiger partial charge is 0.384 e. The minimum Gasteiger partial charge on any atom is -0.384 e. The average molecular weight is 331 g/mol. The maximum atomic E-state index is 10.9. The van der Waals surface area contributed by atoms with Crippen LogP contribution < -0.4 is 0 Å². The van der Waals surface area contributed by atoms with Gasteiger partial charge in [-0.2, -0.15) is 0 Å². The van der Waals surface area contributed by atoms with E-state index in [1.54, 1.807) is 14.0 Å². The molecule has 1 heterocycles. The number of aryl methyl sites for hydroxylation is 1. The Labute approximate surface area is 136 Å². The van der Waals surface area contributed by atoms with Gasteiger partial charge in [0.15, 0.2) is 6.29 Å². The van der Waals surface area contributed by atoms with Gasteiger partial charge in [0.2, 0.25) is 0 Å². The van der Waals surface area contributed by atoms with Crippen LogP contribution in [0.25, 0.3) is 0 Å². The lowest BCUT2D eigenvalue weighted by Crippen LogP contribution is -2.48. The molecular weight excluding hydrogens is 308 g/mol. The zero-order valence-corrected chi connectivity index (χ0v) is 14.3. The van der Waals surface area contributed by atoms with Crippen molar-refractivity contribution in [2.24, 2.45) is 0 Å². The summed E-state index contributed by atoms with van der Waals surface area (Å²) in [5.41, 5.74) is 0.534. The third-order valence-electron chi connectivity index (χ3n) is 4.22. The predicted molar refractivity (Wildman–Crippen MR) is 83.0 cm³/mol. The van der Waals surface area contributed by atoms with Gasteiger partial charge in [0.1, 0.15) is 23.9 Å². The highest BCUT2D eigenvalue weighted by Gasteiger charge is 2.56. The molecule has 5 nitrogen and oxygen atoms in total. The zero-order chi connectivity index (χ0) is 16.5. The maximum absolute atomic E-state index is 10.9. The fourth-order valence-electron chi connectivity index (χ4n) is 2.92. The van der Waals surface area contributed by atoms with Crippen molar-refractivity contribution in [1.29, 1.82) is 0 Å². The number of benzene rings is 1. The van der Waals surface area contributed by atoms with Crippen LogP contribution in [0.4, 0.5) is 0 Å². The lowest BCUT2D eigenvalue weighted by molar-refractivity contribution is -0.172. The first-order valence-corrected chi connectivity index (χ1v) is 7.46. The summed E-state index contributed by atoms with van der Waals surface area (Å²) in [7, 11) is 4.60. The highest BCUT2D eigenvalue weighted by molar-refractivity contribution is 6.31. The lowest BCUT2D eigenvalue weighted by Gasteiger charge is -2.32. The summed E-state index contributed by atoms with van der Waals surface area (Å²) in [5, 5.41) is 11.5. The second kappa shape index (κ2) is 6.83. The van der Waals surface area contributed by atoms with Crippen LogP contribution in [-0.4, -0.2) is 50.5 Å². The molecular formula is C16H23ClO5. The van der Waals surface area contributed by atoms with Gasteiger partial charge in [-0.1, -0.05) is 23.7 Å². The summed E-state index contributed by atoms with van der Waals surface area (Å²) in [5.74, 6) is 0. The smallest absolute Gasteiger partial charge is 0.186 e. The van der Waals surface area contributed by atoms with Gasteiger partial charge in [-0.25, -0.2) is 0 Å². The summed E-state index contributed by atoms with van der Waals surface area (Å²) in [6.45, 7) is 3.59. The molecule has 5 atom stereocenters. The van der Waals surface area contributed by atoms with Crippen molar-refractivity contribution in [2.45, 2.75) is 44.1 Å². The molecule has 0 bridgehead atoms. The van der Waals surface area contributed by atoms with Crippen molar-refractivity contribution in [3.8, 4) is 0 Å². The van der Waals surface area contributed by atoms with E-state index < -0.39 is 30.2 Å². The summed E-state index contributed by atoms with van der Waals surface area (Å²) < 4.78 is 22.0. The Balaban J connectivity index is 2.36. The van der Waals surface area contributed by atoms with Gasteiger partial charge < -0.3 is 24.1 Å². The molecule has 0 unspecified atom stereocenters. The summed E-state index contributed by atoms with van der Waals surface area (Å²) in [4.78, 5) is 0. The van der Waals surface area contributed by atoms with Crippen LogP contribution in [0, 0.1) is 6.92 Å². The van der Waals surface area contributed by atoms with E-state index in [0.717, 1.165) is 11.1 Å². The van der Waals surface area contributed by atoms with Gasteiger partial charge in [-0.3, -0.25) is 0 Å². The molecule has 2 rings (SSSR count). The predicted octanol–water partition coefficient (Wildman–Crippen LogP) is 2.47. The van der Waals surface area contributed by atoms with Gasteiger partial charge in [0.05, 0.1) is 0 Å². The van der Waals surface area contributed by atoms with E-state index in [1.165, 1.54) is 14.2 Å². The summed E-state index contributed by atoms with van der Waals surface area (Å²) >= 11 is 6.20. The van der Waals surface area contributed by atoms with E-state index in [4.69, 9.17) is 30.5 Å². The number of aliphatic hydroxyl groups is 1. The molecule has 1 fully saturated rings. The molecule has 1 aliphatic heterocycles. The summed E-state index contributed by atoms with van der Waals surface area (Å²) in [6, 6.07) is 5.65. The number of hydrogen-bond acceptors (Lipinski definition) is 5. The molecule has 22 heavy (non-hydrogen) atoms. The van der Waals surface area contributed by atoms with Crippen LogP contribution in [0.15, 0.2) is 18.2 Å². The number of hydrogen-bond donors (Lipinski definition) is 1. The molecule has 1 aliphatic rings. The SMILES string of the molecule is CO[C@H]1O[C@H]([C@H](OC)c2ccc(C)c(Cl)c2)[C@@](C)(O)[C@H]1OC. The van der Waals surface area contributed by atoms with Crippen LogP contribution in [0.2, 0.25) is 5.02 Å². The quantitative estimate of drug-likeness (QED) is 0.898. The normalized spacial score (nSPS) is 33.1. The fourth-order valence-corrected chi connectivity index (χ4v) is 3.11. The second-order valence-corrected chi connectivity index (χ2v) is 6.12. The molecule has 124 valence electrons. The van der Waals surface area contributed by atoms with Crippen LogP contribution in [0.5, 0.6) is 0 Å². The Hall–Kier alpha value is -0.690. The molecule has 0 spiro atoms. The second-order valence-electron chi connectivity index (χ2n) is 5.71. The topological polar surface area (TPSA) is 57.2 Å². The third kappa shape index (κ3) is 3.02. The van der Waals surface area contributed by atoms with Gasteiger partial charge in [-0.15, -0.1) is 0 Å². The first-order valence-electron chi connectivity index (χ1n) is 7.09. The lowest BCUT2D eigenvalue weighted by atomic mass is 9.88. The molecule has 6 heteroatoms. The molecule has 1 aromatic carbocycles. The monoisotopic (exact) mass is 330 g/mol. The van der Waals surface area contributed by atoms with Gasteiger partial charge in [0, 0.05) is 26.4 Å². The highest BCUT2D eigenvalue weighted by atomic mass is 35.5. The maximum Gasteiger partial charge on any atom is 0.186 e. The summed E-state index contributed by atoms with van der Waals surface area (Å²) in [6.07, 6.45) is -2.42. The van der Waals surface area contributed by atoms with Gasteiger partial charge >= 0.3 is 0 Å². The van der Waals surface area contributed by atoms with Crippen molar-refractivity contribution in [1.82, 2.24) is 0 Å². The van der Waals surface area contributed by atoms with Crippen molar-refractivity contribution >= 4 is 11.6 Å². The van der Waals surface area contributed by atoms with Crippen molar-refractivity contribution in [2.75, 3.05) is 21.3 Å². The molecule has 0 saturated carbocycles. The van der Waals surface area contributed by atoms with Crippen LogP contribution in [0.3, 0.4) is 0 Å². The third-order valence-corrected chi connectivity index (χ3v) is 4.63. The number of ether oxygens (including phenoxy) is 4. The van der Waals surface area contributed by atoms with Crippen LogP contribution >= 0.6 is 11.6 Å². The van der Waals surface area contributed by atoms with E-state index in [9.17, 15) is 5.11 Å². The van der Waals surface area contributed by atoms with Gasteiger partial charge in [-0.05, 0) is 31.0 Å². The molecule has 0 amide bonds. The molecule has 1 saturated heterocycles. The van der Waals surface area contributed by atoms with E-state index in [-0.39, 0.29) is 0 Å². The molecule has 1 N–H and O–H groups in total. The van der Waals surface area contributed by atoms with E-state index in [0.29, 0.717) is 5.02 Å². The minimum absolute atomic E-state index is 0.495. The van der Waals surface area contributed by atoms with Crippen molar-refractivity contribution < 1.29 is 24.1 Å². The molecule has 1 aromatic rings. The Bertz CT molecular complexity index is 519. The average Bonchev–Trinajstić information content (AvgIpc) is 2.74. The first-order chi connectivity index (χ1) is 10.4. The van der Waals surface area contributed by atoms with E-state index >= 15 is 0 Å². The van der Waals surface area contributed by atoms with Crippen molar-refractivity contribution in [3.63, 3.8) is 0 Å². The Morgan fingerprint density at radius 3 is 2.41 bits per heavy atom. The van der Waals surface area contributed by atoms with E-state index in [1.807, 2.05) is 25.1 Å². The minimum atomic E-state index is -1.27. The molecule has 0 aliphatic carbocycles. The Kier molecular flexibility index (Phi) is 5.48.